The van der Waals surface area contributed by atoms with Crippen LogP contribution in [0.25, 0.3) is 0 Å². The van der Waals surface area contributed by atoms with Crippen LogP contribution in [0, 0.1) is 0 Å². The Kier molecular flexibility index (Phi) is 6.39. The Morgan fingerprint density at radius 2 is 2.14 bits per heavy atom. The van der Waals surface area contributed by atoms with Gasteiger partial charge in [-0.1, -0.05) is 37.3 Å². The second kappa shape index (κ2) is 8.29. The molecule has 1 fully saturated rings. The molecular formula is C16H24N2O2S. The highest BCUT2D eigenvalue weighted by atomic mass is 32.2. The third-order valence-electron chi connectivity index (χ3n) is 3.85. The van der Waals surface area contributed by atoms with E-state index in [1.165, 1.54) is 5.56 Å². The van der Waals surface area contributed by atoms with Gasteiger partial charge < -0.3 is 5.32 Å². The third kappa shape index (κ3) is 4.93. The van der Waals surface area contributed by atoms with Gasteiger partial charge in [-0.15, -0.1) is 0 Å². The lowest BCUT2D eigenvalue weighted by Gasteiger charge is -2.23. The zero-order valence-electron chi connectivity index (χ0n) is 12.6. The molecule has 1 aliphatic heterocycles. The number of rotatable bonds is 7. The zero-order chi connectivity index (χ0) is 15.1. The predicted molar refractivity (Wildman–Crippen MR) is 86.4 cm³/mol. The molecule has 0 bridgehead atoms. The lowest BCUT2D eigenvalue weighted by molar-refractivity contribution is -0.125. The van der Waals surface area contributed by atoms with E-state index in [1.54, 1.807) is 0 Å². The van der Waals surface area contributed by atoms with E-state index in [0.29, 0.717) is 18.1 Å². The standard InChI is InChI=1S/C16H24N2O2S/c1-2-21(20)12-10-17-16(19)15-9-6-11-18(15)13-14-7-4-3-5-8-14/h3-5,7-8,15H,2,6,9-13H2,1H3,(H,17,19)/t15-,21-/m1/s1. The highest BCUT2D eigenvalue weighted by molar-refractivity contribution is 7.84. The van der Waals surface area contributed by atoms with Gasteiger partial charge in [0.1, 0.15) is 0 Å². The number of amides is 1. The van der Waals surface area contributed by atoms with Crippen molar-refractivity contribution < 1.29 is 9.00 Å². The molecule has 1 amide bonds. The third-order valence-corrected chi connectivity index (χ3v) is 5.15. The molecule has 1 saturated heterocycles. The van der Waals surface area contributed by atoms with Crippen LogP contribution in [0.5, 0.6) is 0 Å². The molecule has 0 radical (unpaired) electrons. The summed E-state index contributed by atoms with van der Waals surface area (Å²) in [6.07, 6.45) is 1.97. The normalized spacial score (nSPS) is 20.3. The summed E-state index contributed by atoms with van der Waals surface area (Å²) in [6.45, 7) is 4.19. The Hall–Kier alpha value is -1.20. The Morgan fingerprint density at radius 3 is 2.86 bits per heavy atom. The largest absolute Gasteiger partial charge is 0.354 e. The van der Waals surface area contributed by atoms with Crippen LogP contribution in [0.2, 0.25) is 0 Å². The van der Waals surface area contributed by atoms with Gasteiger partial charge in [0.05, 0.1) is 6.04 Å². The molecule has 1 aromatic rings. The lowest BCUT2D eigenvalue weighted by atomic mass is 10.1. The van der Waals surface area contributed by atoms with Crippen molar-refractivity contribution in [2.24, 2.45) is 0 Å². The summed E-state index contributed by atoms with van der Waals surface area (Å²) in [7, 11) is -0.813. The minimum Gasteiger partial charge on any atom is -0.354 e. The van der Waals surface area contributed by atoms with Gasteiger partial charge in [0, 0.05) is 35.4 Å². The van der Waals surface area contributed by atoms with Crippen LogP contribution in [0.15, 0.2) is 30.3 Å². The van der Waals surface area contributed by atoms with Crippen LogP contribution < -0.4 is 5.32 Å². The van der Waals surface area contributed by atoms with Crippen molar-refractivity contribution in [3.05, 3.63) is 35.9 Å². The molecule has 21 heavy (non-hydrogen) atoms. The fourth-order valence-electron chi connectivity index (χ4n) is 2.68. The fourth-order valence-corrected chi connectivity index (χ4v) is 3.30. The fraction of sp³-hybridized carbons (Fsp3) is 0.562. The first-order valence-corrected chi connectivity index (χ1v) is 9.10. The van der Waals surface area contributed by atoms with Gasteiger partial charge in [-0.25, -0.2) is 0 Å². The predicted octanol–water partition coefficient (Wildman–Crippen LogP) is 1.54. The van der Waals surface area contributed by atoms with Crippen molar-refractivity contribution in [1.82, 2.24) is 10.2 Å². The van der Waals surface area contributed by atoms with Crippen LogP contribution >= 0.6 is 0 Å². The summed E-state index contributed by atoms with van der Waals surface area (Å²) < 4.78 is 11.4. The Bertz CT molecular complexity index is 478. The summed E-state index contributed by atoms with van der Waals surface area (Å²) in [5.41, 5.74) is 1.24. The maximum absolute atomic E-state index is 12.3. The molecule has 1 N–H and O–H groups in total. The minimum absolute atomic E-state index is 0.0414. The van der Waals surface area contributed by atoms with Gasteiger partial charge in [-0.05, 0) is 24.9 Å². The van der Waals surface area contributed by atoms with Crippen LogP contribution in [0.3, 0.4) is 0 Å². The van der Waals surface area contributed by atoms with Crippen molar-refractivity contribution >= 4 is 16.7 Å². The number of hydrogen-bond donors (Lipinski definition) is 1. The van der Waals surface area contributed by atoms with E-state index < -0.39 is 10.8 Å². The highest BCUT2D eigenvalue weighted by Crippen LogP contribution is 2.20. The molecule has 0 unspecified atom stereocenters. The average molecular weight is 308 g/mol. The minimum atomic E-state index is -0.813. The number of carbonyl (C=O) groups excluding carboxylic acids is 1. The van der Waals surface area contributed by atoms with Gasteiger partial charge in [0.15, 0.2) is 0 Å². The summed E-state index contributed by atoms with van der Waals surface area (Å²) in [5.74, 6) is 1.28. The zero-order valence-corrected chi connectivity index (χ0v) is 13.4. The molecule has 0 aliphatic carbocycles. The summed E-state index contributed by atoms with van der Waals surface area (Å²) >= 11 is 0. The monoisotopic (exact) mass is 308 g/mol. The first-order chi connectivity index (χ1) is 10.2. The Labute approximate surface area is 129 Å². The summed E-state index contributed by atoms with van der Waals surface area (Å²) in [4.78, 5) is 14.5. The van der Waals surface area contributed by atoms with E-state index in [4.69, 9.17) is 0 Å². The van der Waals surface area contributed by atoms with Gasteiger partial charge in [0.25, 0.3) is 0 Å². The Balaban J connectivity index is 1.83. The smallest absolute Gasteiger partial charge is 0.237 e. The van der Waals surface area contributed by atoms with Gasteiger partial charge in [0.2, 0.25) is 5.91 Å². The molecule has 1 aliphatic rings. The van der Waals surface area contributed by atoms with Crippen LogP contribution in [-0.2, 0) is 22.1 Å². The second-order valence-electron chi connectivity index (χ2n) is 5.34. The number of nitrogens with zero attached hydrogens (tertiary/aromatic N) is 1. The van der Waals surface area contributed by atoms with Crippen molar-refractivity contribution in [1.29, 1.82) is 0 Å². The van der Waals surface area contributed by atoms with Crippen molar-refractivity contribution in [3.8, 4) is 0 Å². The molecule has 1 aromatic carbocycles. The molecule has 0 aromatic heterocycles. The van der Waals surface area contributed by atoms with Gasteiger partial charge in [-0.2, -0.15) is 0 Å². The van der Waals surface area contributed by atoms with Crippen LogP contribution in [-0.4, -0.2) is 45.7 Å². The molecule has 2 atom stereocenters. The van der Waals surface area contributed by atoms with E-state index in [2.05, 4.69) is 22.3 Å². The SMILES string of the molecule is CC[S@@](=O)CCNC(=O)[C@H]1CCCN1Cc1ccccc1. The molecule has 5 heteroatoms. The van der Waals surface area contributed by atoms with Crippen molar-refractivity contribution in [2.75, 3.05) is 24.6 Å². The number of nitrogens with one attached hydrogen (secondary N) is 1. The molecule has 4 nitrogen and oxygen atoms in total. The highest BCUT2D eigenvalue weighted by Gasteiger charge is 2.30. The van der Waals surface area contributed by atoms with E-state index in [9.17, 15) is 9.00 Å². The Morgan fingerprint density at radius 1 is 1.38 bits per heavy atom. The molecular weight excluding hydrogens is 284 g/mol. The van der Waals surface area contributed by atoms with Crippen LogP contribution in [0.1, 0.15) is 25.3 Å². The van der Waals surface area contributed by atoms with Gasteiger partial charge in [-0.3, -0.25) is 13.9 Å². The first kappa shape index (κ1) is 16.2. The quantitative estimate of drug-likeness (QED) is 0.831. The van der Waals surface area contributed by atoms with Crippen LogP contribution in [0.4, 0.5) is 0 Å². The topological polar surface area (TPSA) is 49.4 Å². The van der Waals surface area contributed by atoms with E-state index in [1.807, 2.05) is 25.1 Å². The summed E-state index contributed by atoms with van der Waals surface area (Å²) in [6, 6.07) is 10.2. The maximum atomic E-state index is 12.3. The first-order valence-electron chi connectivity index (χ1n) is 7.61. The molecule has 0 spiro atoms. The number of carbonyl (C=O) groups is 1. The van der Waals surface area contributed by atoms with Crippen molar-refractivity contribution in [2.45, 2.75) is 32.4 Å². The van der Waals surface area contributed by atoms with E-state index >= 15 is 0 Å². The molecule has 1 heterocycles. The van der Waals surface area contributed by atoms with Gasteiger partial charge >= 0.3 is 0 Å². The number of likely N-dealkylation sites (tertiary alicyclic amines) is 1. The summed E-state index contributed by atoms with van der Waals surface area (Å²) in [5, 5.41) is 2.93. The molecule has 0 saturated carbocycles. The van der Waals surface area contributed by atoms with E-state index in [-0.39, 0.29) is 11.9 Å². The van der Waals surface area contributed by atoms with Crippen molar-refractivity contribution in [3.63, 3.8) is 0 Å². The lowest BCUT2D eigenvalue weighted by Crippen LogP contribution is -2.43. The number of benzene rings is 1. The second-order valence-corrected chi connectivity index (χ2v) is 7.20. The average Bonchev–Trinajstić information content (AvgIpc) is 2.96. The van der Waals surface area contributed by atoms with E-state index in [0.717, 1.165) is 25.9 Å². The maximum Gasteiger partial charge on any atom is 0.237 e. The molecule has 116 valence electrons. The molecule has 2 rings (SSSR count). The number of hydrogen-bond acceptors (Lipinski definition) is 3.